The van der Waals surface area contributed by atoms with Gasteiger partial charge >= 0.3 is 0 Å². The fourth-order valence-electron chi connectivity index (χ4n) is 2.68. The quantitative estimate of drug-likeness (QED) is 0.747. The van der Waals surface area contributed by atoms with Crippen molar-refractivity contribution in [1.29, 1.82) is 0 Å². The van der Waals surface area contributed by atoms with Gasteiger partial charge in [-0.1, -0.05) is 13.8 Å². The lowest BCUT2D eigenvalue weighted by Crippen LogP contribution is -2.53. The number of carbonyl (C=O) groups excluding carboxylic acids is 1. The Morgan fingerprint density at radius 2 is 1.85 bits per heavy atom. The second-order valence-corrected chi connectivity index (χ2v) is 7.98. The topological polar surface area (TPSA) is 94.2 Å². The minimum absolute atomic E-state index is 0.0697. The lowest BCUT2D eigenvalue weighted by Gasteiger charge is -2.32. The van der Waals surface area contributed by atoms with Crippen LogP contribution in [0.5, 0.6) is 11.5 Å². The van der Waals surface area contributed by atoms with Crippen molar-refractivity contribution in [2.24, 2.45) is 5.92 Å². The van der Waals surface area contributed by atoms with Crippen LogP contribution in [0.3, 0.4) is 0 Å². The van der Waals surface area contributed by atoms with Gasteiger partial charge in [-0.25, -0.2) is 8.42 Å². The van der Waals surface area contributed by atoms with Gasteiger partial charge in [0.05, 0.1) is 27.4 Å². The fraction of sp³-hybridized carbons (Fsp3) is 0.588. The molecule has 1 amide bonds. The van der Waals surface area contributed by atoms with Crippen molar-refractivity contribution in [2.45, 2.75) is 24.8 Å². The molecule has 2 rings (SSSR count). The maximum absolute atomic E-state index is 12.9. The Balaban J connectivity index is 2.31. The first-order valence-corrected chi connectivity index (χ1v) is 9.89. The molecule has 0 saturated carbocycles. The van der Waals surface area contributed by atoms with Crippen molar-refractivity contribution >= 4 is 15.9 Å². The predicted molar refractivity (Wildman–Crippen MR) is 95.9 cm³/mol. The summed E-state index contributed by atoms with van der Waals surface area (Å²) in [6.07, 6.45) is 0. The molecule has 1 saturated heterocycles. The second kappa shape index (κ2) is 8.70. The highest BCUT2D eigenvalue weighted by Crippen LogP contribution is 2.28. The van der Waals surface area contributed by atoms with E-state index in [9.17, 15) is 13.2 Å². The first kappa shape index (κ1) is 20.5. The Kier molecular flexibility index (Phi) is 6.85. The summed E-state index contributed by atoms with van der Waals surface area (Å²) in [6.45, 7) is 5.40. The number of sulfonamides is 1. The van der Waals surface area contributed by atoms with Crippen molar-refractivity contribution < 1.29 is 27.4 Å². The van der Waals surface area contributed by atoms with Gasteiger partial charge in [-0.3, -0.25) is 4.79 Å². The largest absolute Gasteiger partial charge is 0.497 e. The molecular formula is C17H26N2O6S. The third-order valence-electron chi connectivity index (χ3n) is 4.20. The van der Waals surface area contributed by atoms with Gasteiger partial charge in [0.1, 0.15) is 22.4 Å². The fourth-order valence-corrected chi connectivity index (χ4v) is 4.20. The summed E-state index contributed by atoms with van der Waals surface area (Å²) >= 11 is 0. The Morgan fingerprint density at radius 3 is 2.38 bits per heavy atom. The van der Waals surface area contributed by atoms with Crippen LogP contribution in [0.4, 0.5) is 0 Å². The maximum Gasteiger partial charge on any atom is 0.245 e. The monoisotopic (exact) mass is 386 g/mol. The zero-order chi connectivity index (χ0) is 19.3. The Bertz CT molecular complexity index is 729. The van der Waals surface area contributed by atoms with E-state index in [1.54, 1.807) is 24.8 Å². The third kappa shape index (κ3) is 4.66. The SMILES string of the molecule is COc1ccc(OC)c(S(=O)(=O)N[C@@H](C(=O)N2CCOCC2)C(C)C)c1. The van der Waals surface area contributed by atoms with Crippen LogP contribution >= 0.6 is 0 Å². The molecule has 0 bridgehead atoms. The summed E-state index contributed by atoms with van der Waals surface area (Å²) in [4.78, 5) is 14.4. The Morgan fingerprint density at radius 1 is 1.19 bits per heavy atom. The van der Waals surface area contributed by atoms with E-state index in [0.717, 1.165) is 0 Å². The lowest BCUT2D eigenvalue weighted by molar-refractivity contribution is -0.138. The van der Waals surface area contributed by atoms with E-state index in [1.165, 1.54) is 26.4 Å². The summed E-state index contributed by atoms with van der Waals surface area (Å²) in [6, 6.07) is 3.62. The van der Waals surface area contributed by atoms with Gasteiger partial charge in [-0.05, 0) is 18.1 Å². The molecule has 1 N–H and O–H groups in total. The number of benzene rings is 1. The number of amides is 1. The average molecular weight is 386 g/mol. The van der Waals surface area contributed by atoms with E-state index < -0.39 is 16.1 Å². The van der Waals surface area contributed by atoms with Crippen LogP contribution in [0.2, 0.25) is 0 Å². The molecule has 0 spiro atoms. The molecule has 146 valence electrons. The number of rotatable bonds is 7. The molecule has 9 heteroatoms. The van der Waals surface area contributed by atoms with Crippen LogP contribution in [0.1, 0.15) is 13.8 Å². The molecule has 1 aromatic carbocycles. The lowest BCUT2D eigenvalue weighted by atomic mass is 10.0. The smallest absolute Gasteiger partial charge is 0.245 e. The highest BCUT2D eigenvalue weighted by atomic mass is 32.2. The van der Waals surface area contributed by atoms with Crippen LogP contribution in [0, 0.1) is 5.92 Å². The Hall–Kier alpha value is -1.84. The van der Waals surface area contributed by atoms with E-state index in [4.69, 9.17) is 14.2 Å². The maximum atomic E-state index is 12.9. The summed E-state index contributed by atoms with van der Waals surface area (Å²) in [7, 11) is -1.16. The molecule has 0 unspecified atom stereocenters. The number of hydrogen-bond acceptors (Lipinski definition) is 6. The number of nitrogens with one attached hydrogen (secondary N) is 1. The van der Waals surface area contributed by atoms with Crippen molar-refractivity contribution in [1.82, 2.24) is 9.62 Å². The highest BCUT2D eigenvalue weighted by Gasteiger charge is 2.33. The summed E-state index contributed by atoms with van der Waals surface area (Å²) < 4.78 is 43.9. The van der Waals surface area contributed by atoms with Crippen LogP contribution in [-0.4, -0.2) is 65.8 Å². The van der Waals surface area contributed by atoms with Crippen LogP contribution in [-0.2, 0) is 19.6 Å². The van der Waals surface area contributed by atoms with Crippen LogP contribution < -0.4 is 14.2 Å². The first-order chi connectivity index (χ1) is 12.3. The van der Waals surface area contributed by atoms with Gasteiger partial charge in [0.25, 0.3) is 0 Å². The van der Waals surface area contributed by atoms with Gasteiger partial charge in [0.2, 0.25) is 15.9 Å². The standard InChI is InChI=1S/C17H26N2O6S/c1-12(2)16(17(20)19-7-9-25-10-8-19)18-26(21,22)15-11-13(23-3)5-6-14(15)24-4/h5-6,11-12,16,18H,7-10H2,1-4H3/t16-/m1/s1. The van der Waals surface area contributed by atoms with E-state index >= 15 is 0 Å². The van der Waals surface area contributed by atoms with Crippen molar-refractivity contribution in [2.75, 3.05) is 40.5 Å². The molecule has 1 atom stereocenters. The van der Waals surface area contributed by atoms with Gasteiger partial charge in [-0.15, -0.1) is 0 Å². The average Bonchev–Trinajstić information content (AvgIpc) is 2.65. The molecule has 0 aliphatic carbocycles. The zero-order valence-electron chi connectivity index (χ0n) is 15.5. The molecule has 1 aliphatic rings. The number of hydrogen-bond donors (Lipinski definition) is 1. The number of morpholine rings is 1. The van der Waals surface area contributed by atoms with E-state index in [1.807, 2.05) is 0 Å². The Labute approximate surface area is 154 Å². The number of methoxy groups -OCH3 is 2. The molecule has 1 aliphatic heterocycles. The van der Waals surface area contributed by atoms with Crippen molar-refractivity contribution in [3.63, 3.8) is 0 Å². The molecule has 0 aromatic heterocycles. The van der Waals surface area contributed by atoms with Crippen LogP contribution in [0.25, 0.3) is 0 Å². The first-order valence-electron chi connectivity index (χ1n) is 8.41. The summed E-state index contributed by atoms with van der Waals surface area (Å²) in [5.74, 6) is 0.0804. The molecule has 0 radical (unpaired) electrons. The van der Waals surface area contributed by atoms with Crippen molar-refractivity contribution in [3.05, 3.63) is 18.2 Å². The van der Waals surface area contributed by atoms with Gasteiger partial charge in [0, 0.05) is 19.2 Å². The van der Waals surface area contributed by atoms with E-state index in [2.05, 4.69) is 4.72 Å². The number of carbonyl (C=O) groups is 1. The normalized spacial score (nSPS) is 16.4. The predicted octanol–water partition coefficient (Wildman–Crippen LogP) is 0.866. The van der Waals surface area contributed by atoms with E-state index in [-0.39, 0.29) is 22.5 Å². The molecular weight excluding hydrogens is 360 g/mol. The molecule has 26 heavy (non-hydrogen) atoms. The van der Waals surface area contributed by atoms with Gasteiger partial charge in [0.15, 0.2) is 0 Å². The minimum Gasteiger partial charge on any atom is -0.497 e. The summed E-state index contributed by atoms with van der Waals surface area (Å²) in [5, 5.41) is 0. The minimum atomic E-state index is -4.00. The second-order valence-electron chi connectivity index (χ2n) is 6.30. The zero-order valence-corrected chi connectivity index (χ0v) is 16.3. The van der Waals surface area contributed by atoms with Gasteiger partial charge < -0.3 is 19.1 Å². The summed E-state index contributed by atoms with van der Waals surface area (Å²) in [5.41, 5.74) is 0. The van der Waals surface area contributed by atoms with E-state index in [0.29, 0.717) is 32.1 Å². The molecule has 8 nitrogen and oxygen atoms in total. The third-order valence-corrected chi connectivity index (χ3v) is 5.66. The highest BCUT2D eigenvalue weighted by molar-refractivity contribution is 7.89. The van der Waals surface area contributed by atoms with Crippen LogP contribution in [0.15, 0.2) is 23.1 Å². The molecule has 1 fully saturated rings. The van der Waals surface area contributed by atoms with Gasteiger partial charge in [-0.2, -0.15) is 4.72 Å². The number of nitrogens with zero attached hydrogens (tertiary/aromatic N) is 1. The molecule has 1 aromatic rings. The van der Waals surface area contributed by atoms with Crippen molar-refractivity contribution in [3.8, 4) is 11.5 Å². The number of ether oxygens (including phenoxy) is 3. The molecule has 1 heterocycles.